The minimum absolute atomic E-state index is 0.00933. The Balaban J connectivity index is 2.77. The molecule has 0 spiro atoms. The van der Waals surface area contributed by atoms with Gasteiger partial charge in [0, 0.05) is 12.6 Å². The molecule has 1 rings (SSSR count). The van der Waals surface area contributed by atoms with Crippen LogP contribution in [0.4, 0.5) is 5.69 Å². The van der Waals surface area contributed by atoms with E-state index in [1.54, 1.807) is 24.3 Å². The van der Waals surface area contributed by atoms with Crippen molar-refractivity contribution in [2.75, 3.05) is 5.32 Å². The van der Waals surface area contributed by atoms with Crippen LogP contribution >= 0.6 is 0 Å². The number of aliphatic hydroxyl groups excluding tert-OH is 1. The van der Waals surface area contributed by atoms with Crippen molar-refractivity contribution in [1.82, 2.24) is 5.32 Å². The number of amides is 2. The van der Waals surface area contributed by atoms with Crippen molar-refractivity contribution in [3.63, 3.8) is 0 Å². The third kappa shape index (κ3) is 4.71. The molecule has 104 valence electrons. The van der Waals surface area contributed by atoms with E-state index in [2.05, 4.69) is 10.6 Å². The summed E-state index contributed by atoms with van der Waals surface area (Å²) in [6.45, 7) is 5.03. The molecule has 0 bridgehead atoms. The third-order valence-electron chi connectivity index (χ3n) is 2.68. The van der Waals surface area contributed by atoms with Gasteiger partial charge >= 0.3 is 0 Å². The van der Waals surface area contributed by atoms with Crippen molar-refractivity contribution in [3.05, 3.63) is 29.8 Å². The number of aliphatic hydroxyl groups is 1. The van der Waals surface area contributed by atoms with Crippen LogP contribution in [0, 0.1) is 5.92 Å². The molecule has 5 nitrogen and oxygen atoms in total. The highest BCUT2D eigenvalue weighted by atomic mass is 16.3. The number of nitrogens with one attached hydrogen (secondary N) is 2. The van der Waals surface area contributed by atoms with E-state index >= 15 is 0 Å². The molecular formula is C14H20N2O3. The summed E-state index contributed by atoms with van der Waals surface area (Å²) in [5.74, 6) is -0.511. The largest absolute Gasteiger partial charge is 0.392 e. The van der Waals surface area contributed by atoms with Gasteiger partial charge in [-0.05, 0) is 23.6 Å². The van der Waals surface area contributed by atoms with E-state index in [1.165, 1.54) is 6.92 Å². The van der Waals surface area contributed by atoms with Gasteiger partial charge in [0.15, 0.2) is 0 Å². The number of hydrogen-bond donors (Lipinski definition) is 3. The van der Waals surface area contributed by atoms with Gasteiger partial charge in [0.2, 0.25) is 11.8 Å². The minimum Gasteiger partial charge on any atom is -0.392 e. The van der Waals surface area contributed by atoms with Gasteiger partial charge in [0.05, 0.1) is 6.61 Å². The second-order valence-corrected chi connectivity index (χ2v) is 4.77. The maximum atomic E-state index is 12.1. The first-order valence-electron chi connectivity index (χ1n) is 6.21. The van der Waals surface area contributed by atoms with Crippen LogP contribution in [0.3, 0.4) is 0 Å². The lowest BCUT2D eigenvalue weighted by molar-refractivity contribution is -0.126. The molecule has 1 atom stereocenters. The van der Waals surface area contributed by atoms with E-state index in [0.717, 1.165) is 5.56 Å². The fourth-order valence-corrected chi connectivity index (χ4v) is 1.72. The summed E-state index contributed by atoms with van der Waals surface area (Å²) in [6.07, 6.45) is 0. The lowest BCUT2D eigenvalue weighted by atomic mass is 10.0. The average molecular weight is 264 g/mol. The molecule has 3 N–H and O–H groups in total. The highest BCUT2D eigenvalue weighted by Crippen LogP contribution is 2.12. The monoisotopic (exact) mass is 264 g/mol. The number of rotatable bonds is 5. The summed E-state index contributed by atoms with van der Waals surface area (Å²) in [7, 11) is 0. The minimum atomic E-state index is -0.574. The zero-order valence-corrected chi connectivity index (χ0v) is 11.4. The van der Waals surface area contributed by atoms with Gasteiger partial charge in [0.25, 0.3) is 0 Å². The number of benzene rings is 1. The van der Waals surface area contributed by atoms with E-state index in [9.17, 15) is 9.59 Å². The van der Waals surface area contributed by atoms with E-state index < -0.39 is 6.04 Å². The highest BCUT2D eigenvalue weighted by molar-refractivity contribution is 5.97. The Morgan fingerprint density at radius 1 is 1.32 bits per heavy atom. The summed E-state index contributed by atoms with van der Waals surface area (Å²) in [5.41, 5.74) is 1.32. The second-order valence-electron chi connectivity index (χ2n) is 4.77. The van der Waals surface area contributed by atoms with Gasteiger partial charge in [-0.1, -0.05) is 26.0 Å². The van der Waals surface area contributed by atoms with Crippen molar-refractivity contribution < 1.29 is 14.7 Å². The number of carbonyl (C=O) groups excluding carboxylic acids is 2. The van der Waals surface area contributed by atoms with Gasteiger partial charge in [-0.25, -0.2) is 0 Å². The predicted octanol–water partition coefficient (Wildman–Crippen LogP) is 1.28. The molecule has 19 heavy (non-hydrogen) atoms. The van der Waals surface area contributed by atoms with E-state index in [0.29, 0.717) is 5.69 Å². The number of carbonyl (C=O) groups is 2. The summed E-state index contributed by atoms with van der Waals surface area (Å²) < 4.78 is 0. The molecule has 2 amide bonds. The van der Waals surface area contributed by atoms with Gasteiger partial charge in [-0.2, -0.15) is 0 Å². The SMILES string of the molecule is CC(=O)NC(C(=O)Nc1cccc(CO)c1)C(C)C. The molecule has 1 aromatic carbocycles. The molecule has 1 aromatic rings. The van der Waals surface area contributed by atoms with E-state index in [1.807, 2.05) is 13.8 Å². The summed E-state index contributed by atoms with van der Waals surface area (Å²) in [6, 6.07) is 6.38. The zero-order valence-electron chi connectivity index (χ0n) is 11.4. The first-order valence-corrected chi connectivity index (χ1v) is 6.21. The van der Waals surface area contributed by atoms with Crippen molar-refractivity contribution >= 4 is 17.5 Å². The Morgan fingerprint density at radius 2 is 2.00 bits per heavy atom. The van der Waals surface area contributed by atoms with Crippen LogP contribution < -0.4 is 10.6 Å². The Bertz CT molecular complexity index is 458. The fraction of sp³-hybridized carbons (Fsp3) is 0.429. The van der Waals surface area contributed by atoms with Gasteiger partial charge < -0.3 is 15.7 Å². The molecule has 1 unspecified atom stereocenters. The van der Waals surface area contributed by atoms with Gasteiger partial charge in [0.1, 0.15) is 6.04 Å². The topological polar surface area (TPSA) is 78.4 Å². The first-order chi connectivity index (χ1) is 8.93. The third-order valence-corrected chi connectivity index (χ3v) is 2.68. The Kier molecular flexibility index (Phi) is 5.51. The molecule has 0 saturated heterocycles. The maximum absolute atomic E-state index is 12.1. The molecule has 0 heterocycles. The number of hydrogen-bond acceptors (Lipinski definition) is 3. The lowest BCUT2D eigenvalue weighted by Crippen LogP contribution is -2.46. The van der Waals surface area contributed by atoms with Crippen LogP contribution in [0.25, 0.3) is 0 Å². The Morgan fingerprint density at radius 3 is 2.53 bits per heavy atom. The fourth-order valence-electron chi connectivity index (χ4n) is 1.72. The van der Waals surface area contributed by atoms with E-state index in [4.69, 9.17) is 5.11 Å². The molecule has 5 heteroatoms. The first kappa shape index (κ1) is 15.2. The van der Waals surface area contributed by atoms with Crippen LogP contribution in [0.2, 0.25) is 0 Å². The number of anilines is 1. The molecule has 0 radical (unpaired) electrons. The van der Waals surface area contributed by atoms with Crippen molar-refractivity contribution in [2.24, 2.45) is 5.92 Å². The average Bonchev–Trinajstić information content (AvgIpc) is 2.35. The molecule has 0 aliphatic heterocycles. The smallest absolute Gasteiger partial charge is 0.247 e. The van der Waals surface area contributed by atoms with Crippen molar-refractivity contribution in [3.8, 4) is 0 Å². The van der Waals surface area contributed by atoms with Gasteiger partial charge in [-0.15, -0.1) is 0 Å². The van der Waals surface area contributed by atoms with Gasteiger partial charge in [-0.3, -0.25) is 9.59 Å². The quantitative estimate of drug-likeness (QED) is 0.749. The van der Waals surface area contributed by atoms with Crippen LogP contribution in [-0.2, 0) is 16.2 Å². The van der Waals surface area contributed by atoms with Crippen molar-refractivity contribution in [2.45, 2.75) is 33.4 Å². The standard InChI is InChI=1S/C14H20N2O3/c1-9(2)13(15-10(3)18)14(19)16-12-6-4-5-11(7-12)8-17/h4-7,9,13,17H,8H2,1-3H3,(H,15,18)(H,16,19). The Hall–Kier alpha value is -1.88. The molecule has 0 aliphatic rings. The van der Waals surface area contributed by atoms with Crippen LogP contribution in [0.15, 0.2) is 24.3 Å². The lowest BCUT2D eigenvalue weighted by Gasteiger charge is -2.21. The maximum Gasteiger partial charge on any atom is 0.247 e. The van der Waals surface area contributed by atoms with Crippen LogP contribution in [-0.4, -0.2) is 23.0 Å². The molecular weight excluding hydrogens is 244 g/mol. The highest BCUT2D eigenvalue weighted by Gasteiger charge is 2.22. The zero-order chi connectivity index (χ0) is 14.4. The Labute approximate surface area is 113 Å². The van der Waals surface area contributed by atoms with Crippen LogP contribution in [0.5, 0.6) is 0 Å². The second kappa shape index (κ2) is 6.89. The van der Waals surface area contributed by atoms with E-state index in [-0.39, 0.29) is 24.3 Å². The molecule has 0 saturated carbocycles. The van der Waals surface area contributed by atoms with Crippen LogP contribution in [0.1, 0.15) is 26.3 Å². The molecule has 0 fully saturated rings. The molecule has 0 aromatic heterocycles. The predicted molar refractivity (Wildman–Crippen MR) is 73.4 cm³/mol. The molecule has 0 aliphatic carbocycles. The summed E-state index contributed by atoms with van der Waals surface area (Å²) >= 11 is 0. The van der Waals surface area contributed by atoms with Crippen molar-refractivity contribution in [1.29, 1.82) is 0 Å². The normalized spacial score (nSPS) is 12.1. The summed E-state index contributed by atoms with van der Waals surface area (Å²) in [5, 5.41) is 14.4. The summed E-state index contributed by atoms with van der Waals surface area (Å²) in [4.78, 5) is 23.2.